The highest BCUT2D eigenvalue weighted by Crippen LogP contribution is 2.37. The summed E-state index contributed by atoms with van der Waals surface area (Å²) < 4.78 is 0. The van der Waals surface area contributed by atoms with Gasteiger partial charge in [0.25, 0.3) is 5.91 Å². The van der Waals surface area contributed by atoms with Crippen LogP contribution in [0.1, 0.15) is 58.5 Å². The number of pyridine rings is 1. The first-order valence-electron chi connectivity index (χ1n) is 9.38. The lowest BCUT2D eigenvalue weighted by molar-refractivity contribution is -0.138. The second-order valence-corrected chi connectivity index (χ2v) is 7.86. The highest BCUT2D eigenvalue weighted by Gasteiger charge is 2.25. The minimum atomic E-state index is -1.02. The second kappa shape index (κ2) is 9.45. The molecule has 0 radical (unpaired) electrons. The van der Waals surface area contributed by atoms with Crippen LogP contribution in [0.4, 0.5) is 5.00 Å². The maximum Gasteiger partial charge on any atom is 0.303 e. The van der Waals surface area contributed by atoms with Crippen molar-refractivity contribution >= 4 is 34.1 Å². The van der Waals surface area contributed by atoms with E-state index in [0.29, 0.717) is 17.1 Å². The summed E-state index contributed by atoms with van der Waals surface area (Å²) in [6.45, 7) is 0.351. The predicted octanol–water partition coefficient (Wildman–Crippen LogP) is 3.15. The fraction of sp³-hybridized carbons (Fsp3) is 0.400. The number of thiophene rings is 1. The molecule has 3 rings (SSSR count). The molecule has 2 aromatic rings. The zero-order chi connectivity index (χ0) is 19.9. The van der Waals surface area contributed by atoms with Crippen LogP contribution in [0, 0.1) is 0 Å². The number of anilines is 1. The van der Waals surface area contributed by atoms with Gasteiger partial charge in [-0.15, -0.1) is 11.3 Å². The lowest BCUT2D eigenvalue weighted by atomic mass is 10.0. The van der Waals surface area contributed by atoms with Gasteiger partial charge in [0.2, 0.25) is 5.91 Å². The van der Waals surface area contributed by atoms with Crippen molar-refractivity contribution in [3.63, 3.8) is 0 Å². The Morgan fingerprint density at radius 2 is 1.96 bits per heavy atom. The normalized spacial score (nSPS) is 13.3. The minimum Gasteiger partial charge on any atom is -0.481 e. The molecule has 0 aliphatic heterocycles. The largest absolute Gasteiger partial charge is 0.481 e. The highest BCUT2D eigenvalue weighted by atomic mass is 32.1. The second-order valence-electron chi connectivity index (χ2n) is 6.75. The van der Waals surface area contributed by atoms with Crippen molar-refractivity contribution in [1.29, 1.82) is 0 Å². The van der Waals surface area contributed by atoms with Crippen molar-refractivity contribution in [2.75, 3.05) is 5.32 Å². The summed E-state index contributed by atoms with van der Waals surface area (Å²) in [4.78, 5) is 41.0. The molecule has 0 saturated carbocycles. The third kappa shape index (κ3) is 5.16. The third-order valence-electron chi connectivity index (χ3n) is 4.64. The molecule has 2 aromatic heterocycles. The Kier molecular flexibility index (Phi) is 6.76. The summed E-state index contributed by atoms with van der Waals surface area (Å²) in [5.41, 5.74) is 2.43. The van der Waals surface area contributed by atoms with E-state index in [4.69, 9.17) is 5.11 Å². The standard InChI is InChI=1S/C20H23N3O4S/c24-16(8-9-17(25)26)23-20-18(14-6-2-1-3-7-15(14)28-20)19(27)22-12-13-5-4-10-21-11-13/h4-5,10-11H,1-3,6-9,12H2,(H,22,27)(H,23,24)(H,25,26). The van der Waals surface area contributed by atoms with Crippen molar-refractivity contribution in [2.45, 2.75) is 51.5 Å². The van der Waals surface area contributed by atoms with Crippen LogP contribution in [0.25, 0.3) is 0 Å². The fourth-order valence-electron chi connectivity index (χ4n) is 3.25. The molecule has 2 heterocycles. The monoisotopic (exact) mass is 401 g/mol. The molecule has 1 aliphatic carbocycles. The summed E-state index contributed by atoms with van der Waals surface area (Å²) in [5.74, 6) is -1.64. The molecule has 7 nitrogen and oxygen atoms in total. The number of aryl methyl sites for hydroxylation is 1. The van der Waals surface area contributed by atoms with Gasteiger partial charge in [0.05, 0.1) is 12.0 Å². The summed E-state index contributed by atoms with van der Waals surface area (Å²) in [6, 6.07) is 3.70. The van der Waals surface area contributed by atoms with Crippen molar-refractivity contribution < 1.29 is 19.5 Å². The number of rotatable bonds is 7. The summed E-state index contributed by atoms with van der Waals surface area (Å²) in [6.07, 6.45) is 7.93. The maximum atomic E-state index is 13.0. The van der Waals surface area contributed by atoms with Gasteiger partial charge in [0, 0.05) is 30.2 Å². The van der Waals surface area contributed by atoms with Gasteiger partial charge < -0.3 is 15.7 Å². The van der Waals surface area contributed by atoms with Crippen LogP contribution >= 0.6 is 11.3 Å². The molecular weight excluding hydrogens is 378 g/mol. The van der Waals surface area contributed by atoms with Crippen LogP contribution in [0.5, 0.6) is 0 Å². The Hall–Kier alpha value is -2.74. The quantitative estimate of drug-likeness (QED) is 0.618. The zero-order valence-electron chi connectivity index (χ0n) is 15.5. The molecule has 0 atom stereocenters. The van der Waals surface area contributed by atoms with E-state index in [0.717, 1.165) is 48.1 Å². The number of nitrogens with zero attached hydrogens (tertiary/aromatic N) is 1. The van der Waals surface area contributed by atoms with Gasteiger partial charge in [-0.2, -0.15) is 0 Å². The molecule has 0 bridgehead atoms. The van der Waals surface area contributed by atoms with Crippen LogP contribution in [-0.2, 0) is 29.0 Å². The minimum absolute atomic E-state index is 0.116. The van der Waals surface area contributed by atoms with E-state index >= 15 is 0 Å². The topological polar surface area (TPSA) is 108 Å². The van der Waals surface area contributed by atoms with Gasteiger partial charge in [0.15, 0.2) is 0 Å². The van der Waals surface area contributed by atoms with E-state index in [-0.39, 0.29) is 24.7 Å². The molecule has 0 aromatic carbocycles. The molecule has 2 amide bonds. The number of amides is 2. The highest BCUT2D eigenvalue weighted by molar-refractivity contribution is 7.17. The van der Waals surface area contributed by atoms with Crippen LogP contribution in [0.3, 0.4) is 0 Å². The van der Waals surface area contributed by atoms with E-state index < -0.39 is 5.97 Å². The number of aromatic nitrogens is 1. The van der Waals surface area contributed by atoms with E-state index in [2.05, 4.69) is 15.6 Å². The van der Waals surface area contributed by atoms with Gasteiger partial charge in [-0.25, -0.2) is 0 Å². The molecule has 0 spiro atoms. The van der Waals surface area contributed by atoms with Crippen molar-refractivity contribution in [2.24, 2.45) is 0 Å². The molecule has 3 N–H and O–H groups in total. The number of carboxylic acid groups (broad SMARTS) is 1. The van der Waals surface area contributed by atoms with E-state index in [1.807, 2.05) is 12.1 Å². The maximum absolute atomic E-state index is 13.0. The molecule has 1 aliphatic rings. The number of carbonyl (C=O) groups excluding carboxylic acids is 2. The van der Waals surface area contributed by atoms with Crippen molar-refractivity contribution in [3.05, 3.63) is 46.1 Å². The molecule has 148 valence electrons. The number of carbonyl (C=O) groups is 3. The third-order valence-corrected chi connectivity index (χ3v) is 5.85. The Morgan fingerprint density at radius 3 is 2.71 bits per heavy atom. The molecule has 8 heteroatoms. The smallest absolute Gasteiger partial charge is 0.303 e. The Morgan fingerprint density at radius 1 is 1.14 bits per heavy atom. The molecular formula is C20H23N3O4S. The summed E-state index contributed by atoms with van der Waals surface area (Å²) >= 11 is 1.44. The predicted molar refractivity (Wildman–Crippen MR) is 106 cm³/mol. The number of carboxylic acids is 1. The fourth-order valence-corrected chi connectivity index (χ4v) is 4.56. The first kappa shape index (κ1) is 20.0. The van der Waals surface area contributed by atoms with E-state index in [1.165, 1.54) is 11.3 Å². The average molecular weight is 401 g/mol. The Bertz CT molecular complexity index is 864. The SMILES string of the molecule is O=C(O)CCC(=O)Nc1sc2c(c1C(=O)NCc1cccnc1)CCCCC2. The molecule has 0 fully saturated rings. The van der Waals surface area contributed by atoms with Gasteiger partial charge >= 0.3 is 5.97 Å². The van der Waals surface area contributed by atoms with Crippen molar-refractivity contribution in [3.8, 4) is 0 Å². The number of fused-ring (bicyclic) bond motifs is 1. The van der Waals surface area contributed by atoms with Gasteiger partial charge in [-0.1, -0.05) is 12.5 Å². The number of hydrogen-bond donors (Lipinski definition) is 3. The summed E-state index contributed by atoms with van der Waals surface area (Å²) in [5, 5.41) is 15.0. The molecule has 0 saturated heterocycles. The van der Waals surface area contributed by atoms with Crippen LogP contribution in [0.15, 0.2) is 24.5 Å². The molecule has 28 heavy (non-hydrogen) atoms. The van der Waals surface area contributed by atoms with Crippen molar-refractivity contribution in [1.82, 2.24) is 10.3 Å². The van der Waals surface area contributed by atoms with Gasteiger partial charge in [-0.05, 0) is 42.9 Å². The van der Waals surface area contributed by atoms with Gasteiger partial charge in [-0.3, -0.25) is 19.4 Å². The average Bonchev–Trinajstić information content (AvgIpc) is 2.85. The first-order valence-corrected chi connectivity index (χ1v) is 10.2. The first-order chi connectivity index (χ1) is 13.5. The van der Waals surface area contributed by atoms with Crippen LogP contribution in [-0.4, -0.2) is 27.9 Å². The number of nitrogens with one attached hydrogen (secondary N) is 2. The number of aliphatic carboxylic acids is 1. The Balaban J connectivity index is 1.80. The Labute approximate surface area is 167 Å². The lowest BCUT2D eigenvalue weighted by Gasteiger charge is -2.10. The molecule has 0 unspecified atom stereocenters. The van der Waals surface area contributed by atoms with E-state index in [1.54, 1.807) is 12.4 Å². The summed E-state index contributed by atoms with van der Waals surface area (Å²) in [7, 11) is 0. The number of hydrogen-bond acceptors (Lipinski definition) is 5. The van der Waals surface area contributed by atoms with Gasteiger partial charge in [0.1, 0.15) is 5.00 Å². The van der Waals surface area contributed by atoms with Crippen LogP contribution in [0.2, 0.25) is 0 Å². The van der Waals surface area contributed by atoms with E-state index in [9.17, 15) is 14.4 Å². The lowest BCUT2D eigenvalue weighted by Crippen LogP contribution is -2.25. The van der Waals surface area contributed by atoms with Crippen LogP contribution < -0.4 is 10.6 Å². The zero-order valence-corrected chi connectivity index (χ0v) is 16.3.